The van der Waals surface area contributed by atoms with Crippen LogP contribution in [0.1, 0.15) is 47.5 Å². The third kappa shape index (κ3) is 2.40. The fourth-order valence-corrected chi connectivity index (χ4v) is 4.36. The number of hydrogen-bond donors (Lipinski definition) is 0. The van der Waals surface area contributed by atoms with Crippen LogP contribution in [0.3, 0.4) is 0 Å². The van der Waals surface area contributed by atoms with Crippen LogP contribution in [0.5, 0.6) is 0 Å². The normalized spacial score (nSPS) is 20.5. The highest BCUT2D eigenvalue weighted by Crippen LogP contribution is 2.46. The Morgan fingerprint density at radius 3 is 2.59 bits per heavy atom. The van der Waals surface area contributed by atoms with Crippen LogP contribution in [0.2, 0.25) is 0 Å². The summed E-state index contributed by atoms with van der Waals surface area (Å²) in [7, 11) is 0. The molecular weight excluding hydrogens is 270 g/mol. The number of aryl methyl sites for hydroxylation is 3. The third-order valence-electron chi connectivity index (χ3n) is 5.70. The first-order valence-electron chi connectivity index (χ1n) is 8.52. The number of benzene rings is 1. The number of fused-ring (bicyclic) bond motifs is 2. The topological polar surface area (TPSA) is 16.4 Å². The van der Waals surface area contributed by atoms with E-state index in [4.69, 9.17) is 4.42 Å². The number of furan rings is 1. The molecule has 2 heteroatoms. The van der Waals surface area contributed by atoms with E-state index < -0.39 is 0 Å². The molecule has 0 saturated carbocycles. The van der Waals surface area contributed by atoms with Crippen molar-refractivity contribution in [1.29, 1.82) is 0 Å². The molecule has 1 aliphatic carbocycles. The Bertz CT molecular complexity index is 677. The fraction of sp³-hybridized carbons (Fsp3) is 0.500. The summed E-state index contributed by atoms with van der Waals surface area (Å²) in [5.74, 6) is 2.12. The number of nitrogens with zero attached hydrogens (tertiary/aromatic N) is 1. The van der Waals surface area contributed by atoms with E-state index >= 15 is 0 Å². The van der Waals surface area contributed by atoms with Crippen molar-refractivity contribution >= 4 is 0 Å². The maximum atomic E-state index is 5.73. The van der Waals surface area contributed by atoms with Crippen molar-refractivity contribution in [1.82, 2.24) is 4.90 Å². The van der Waals surface area contributed by atoms with Crippen molar-refractivity contribution in [3.63, 3.8) is 0 Å². The Hall–Kier alpha value is -1.54. The first-order chi connectivity index (χ1) is 10.6. The lowest BCUT2D eigenvalue weighted by atomic mass is 9.73. The van der Waals surface area contributed by atoms with Gasteiger partial charge in [-0.1, -0.05) is 23.8 Å². The molecule has 0 amide bonds. The molecule has 4 rings (SSSR count). The number of piperidine rings is 1. The van der Waals surface area contributed by atoms with Gasteiger partial charge >= 0.3 is 0 Å². The quantitative estimate of drug-likeness (QED) is 0.817. The summed E-state index contributed by atoms with van der Waals surface area (Å²) in [5, 5.41) is 0. The standard InChI is InChI=1S/C20H25NO/c1-15-3-5-17-7-8-20(19(17)13-15)9-11-21(12-10-20)14-18-6-4-16(2)22-18/h3-6,13H,7-12,14H2,1-2H3. The van der Waals surface area contributed by atoms with Crippen LogP contribution in [-0.2, 0) is 18.4 Å². The molecule has 1 spiro atoms. The Kier molecular flexibility index (Phi) is 3.37. The van der Waals surface area contributed by atoms with Crippen LogP contribution in [0.4, 0.5) is 0 Å². The number of rotatable bonds is 2. The Balaban J connectivity index is 1.47. The van der Waals surface area contributed by atoms with Gasteiger partial charge in [0.05, 0.1) is 6.54 Å². The molecule has 0 unspecified atom stereocenters. The second-order valence-electron chi connectivity index (χ2n) is 7.23. The van der Waals surface area contributed by atoms with E-state index in [9.17, 15) is 0 Å². The number of likely N-dealkylation sites (tertiary alicyclic amines) is 1. The SMILES string of the molecule is Cc1ccc2c(c1)C1(CC2)CCN(Cc2ccc(C)o2)CC1. The molecule has 2 aliphatic rings. The molecule has 22 heavy (non-hydrogen) atoms. The molecule has 0 atom stereocenters. The predicted octanol–water partition coefficient (Wildman–Crippen LogP) is 4.38. The van der Waals surface area contributed by atoms with E-state index in [2.05, 4.69) is 42.2 Å². The second-order valence-corrected chi connectivity index (χ2v) is 7.23. The van der Waals surface area contributed by atoms with Crippen molar-refractivity contribution in [3.05, 3.63) is 58.5 Å². The maximum absolute atomic E-state index is 5.73. The van der Waals surface area contributed by atoms with Gasteiger partial charge in [-0.3, -0.25) is 4.90 Å². The van der Waals surface area contributed by atoms with Crippen molar-refractivity contribution in [3.8, 4) is 0 Å². The van der Waals surface area contributed by atoms with E-state index in [1.807, 2.05) is 6.92 Å². The van der Waals surface area contributed by atoms with Crippen LogP contribution in [0.25, 0.3) is 0 Å². The van der Waals surface area contributed by atoms with E-state index in [0.29, 0.717) is 5.41 Å². The monoisotopic (exact) mass is 295 g/mol. The molecular formula is C20H25NO. The average Bonchev–Trinajstić information content (AvgIpc) is 3.07. The van der Waals surface area contributed by atoms with Gasteiger partial charge in [-0.15, -0.1) is 0 Å². The first kappa shape index (κ1) is 14.1. The lowest BCUT2D eigenvalue weighted by Crippen LogP contribution is -2.41. The van der Waals surface area contributed by atoms with Gasteiger partial charge in [0.1, 0.15) is 11.5 Å². The van der Waals surface area contributed by atoms with Gasteiger partial charge in [-0.25, -0.2) is 0 Å². The van der Waals surface area contributed by atoms with Crippen LogP contribution in [-0.4, -0.2) is 18.0 Å². The van der Waals surface area contributed by atoms with E-state index in [1.165, 1.54) is 44.3 Å². The Morgan fingerprint density at radius 1 is 1.05 bits per heavy atom. The molecule has 2 heterocycles. The van der Waals surface area contributed by atoms with Gasteiger partial charge in [-0.2, -0.15) is 0 Å². The van der Waals surface area contributed by atoms with Crippen LogP contribution in [0, 0.1) is 13.8 Å². The highest BCUT2D eigenvalue weighted by atomic mass is 16.3. The highest BCUT2D eigenvalue weighted by Gasteiger charge is 2.41. The second kappa shape index (κ2) is 5.27. The van der Waals surface area contributed by atoms with Crippen molar-refractivity contribution in [2.24, 2.45) is 0 Å². The Labute approximate surface area is 133 Å². The minimum atomic E-state index is 0.455. The zero-order valence-corrected chi connectivity index (χ0v) is 13.7. The molecule has 1 saturated heterocycles. The molecule has 2 aromatic rings. The largest absolute Gasteiger partial charge is 0.465 e. The summed E-state index contributed by atoms with van der Waals surface area (Å²) in [4.78, 5) is 2.55. The number of hydrogen-bond acceptors (Lipinski definition) is 2. The summed E-state index contributed by atoms with van der Waals surface area (Å²) in [5.41, 5.74) is 5.12. The molecule has 1 fully saturated rings. The van der Waals surface area contributed by atoms with Gasteiger partial charge in [0, 0.05) is 0 Å². The Morgan fingerprint density at radius 2 is 1.86 bits per heavy atom. The zero-order chi connectivity index (χ0) is 15.2. The summed E-state index contributed by atoms with van der Waals surface area (Å²) >= 11 is 0. The van der Waals surface area contributed by atoms with Crippen LogP contribution < -0.4 is 0 Å². The lowest BCUT2D eigenvalue weighted by molar-refractivity contribution is 0.143. The maximum Gasteiger partial charge on any atom is 0.118 e. The first-order valence-corrected chi connectivity index (χ1v) is 8.52. The van der Waals surface area contributed by atoms with Crippen molar-refractivity contribution in [2.45, 2.75) is 51.5 Å². The van der Waals surface area contributed by atoms with Gasteiger partial charge in [0.25, 0.3) is 0 Å². The minimum Gasteiger partial charge on any atom is -0.465 e. The van der Waals surface area contributed by atoms with Crippen molar-refractivity contribution < 1.29 is 4.42 Å². The summed E-state index contributed by atoms with van der Waals surface area (Å²) in [6.45, 7) is 7.58. The summed E-state index contributed by atoms with van der Waals surface area (Å²) < 4.78 is 5.73. The molecule has 1 aromatic heterocycles. The van der Waals surface area contributed by atoms with Gasteiger partial charge in [-0.05, 0) is 81.3 Å². The van der Waals surface area contributed by atoms with E-state index in [1.54, 1.807) is 11.1 Å². The van der Waals surface area contributed by atoms with Crippen molar-refractivity contribution in [2.75, 3.05) is 13.1 Å². The summed E-state index contributed by atoms with van der Waals surface area (Å²) in [6, 6.07) is 11.3. The lowest BCUT2D eigenvalue weighted by Gasteiger charge is -2.40. The van der Waals surface area contributed by atoms with Crippen LogP contribution in [0.15, 0.2) is 34.7 Å². The summed E-state index contributed by atoms with van der Waals surface area (Å²) in [6.07, 6.45) is 5.21. The minimum absolute atomic E-state index is 0.455. The smallest absolute Gasteiger partial charge is 0.118 e. The zero-order valence-electron chi connectivity index (χ0n) is 13.7. The van der Waals surface area contributed by atoms with Gasteiger partial charge in [0.2, 0.25) is 0 Å². The predicted molar refractivity (Wildman–Crippen MR) is 89.1 cm³/mol. The van der Waals surface area contributed by atoms with Gasteiger partial charge in [0.15, 0.2) is 0 Å². The molecule has 116 valence electrons. The van der Waals surface area contributed by atoms with Gasteiger partial charge < -0.3 is 4.42 Å². The highest BCUT2D eigenvalue weighted by molar-refractivity contribution is 5.42. The van der Waals surface area contributed by atoms with Crippen LogP contribution >= 0.6 is 0 Å². The molecule has 1 aliphatic heterocycles. The fourth-order valence-electron chi connectivity index (χ4n) is 4.36. The molecule has 2 nitrogen and oxygen atoms in total. The molecule has 0 radical (unpaired) electrons. The third-order valence-corrected chi connectivity index (χ3v) is 5.70. The average molecular weight is 295 g/mol. The molecule has 0 N–H and O–H groups in total. The molecule has 0 bridgehead atoms. The van der Waals surface area contributed by atoms with E-state index in [-0.39, 0.29) is 0 Å². The van der Waals surface area contributed by atoms with E-state index in [0.717, 1.165) is 18.1 Å². The molecule has 1 aromatic carbocycles.